The molecule has 0 radical (unpaired) electrons. The van der Waals surface area contributed by atoms with Crippen LogP contribution >= 0.6 is 0 Å². The van der Waals surface area contributed by atoms with Gasteiger partial charge in [-0.05, 0) is 36.2 Å². The van der Waals surface area contributed by atoms with Gasteiger partial charge in [-0.15, -0.1) is 0 Å². The first-order chi connectivity index (χ1) is 10.8. The monoisotopic (exact) mass is 337 g/mol. The Hall–Kier alpha value is -2.25. The molecule has 0 bridgehead atoms. The fourth-order valence-corrected chi connectivity index (χ4v) is 3.28. The Bertz CT molecular complexity index is 806. The molecule has 0 aliphatic heterocycles. The average molecular weight is 337 g/mol. The van der Waals surface area contributed by atoms with Crippen molar-refractivity contribution >= 4 is 16.0 Å². The lowest BCUT2D eigenvalue weighted by Gasteiger charge is -2.17. The summed E-state index contributed by atoms with van der Waals surface area (Å²) in [6, 6.07) is 10.6. The lowest BCUT2D eigenvalue weighted by molar-refractivity contribution is -0.142. The molecule has 0 saturated carbocycles. The largest absolute Gasteiger partial charge is 0.468 e. The van der Waals surface area contributed by atoms with Crippen LogP contribution in [0.2, 0.25) is 0 Å². The number of carbonyl (C=O) groups excluding carboxylic acids is 1. The van der Waals surface area contributed by atoms with Crippen molar-refractivity contribution in [3.63, 3.8) is 0 Å². The Labute approximate surface area is 134 Å². The number of rotatable bonds is 5. The summed E-state index contributed by atoms with van der Waals surface area (Å²) >= 11 is 0. The maximum atomic E-state index is 13.3. The first-order valence-electron chi connectivity index (χ1n) is 6.76. The van der Waals surface area contributed by atoms with Crippen molar-refractivity contribution in [3.05, 3.63) is 65.5 Å². The van der Waals surface area contributed by atoms with Gasteiger partial charge in [-0.25, -0.2) is 17.6 Å². The third kappa shape index (κ3) is 3.94. The van der Waals surface area contributed by atoms with Gasteiger partial charge >= 0.3 is 5.97 Å². The topological polar surface area (TPSA) is 72.5 Å². The van der Waals surface area contributed by atoms with E-state index in [1.807, 2.05) is 0 Å². The van der Waals surface area contributed by atoms with Crippen molar-refractivity contribution < 1.29 is 22.3 Å². The first kappa shape index (κ1) is 17.1. The summed E-state index contributed by atoms with van der Waals surface area (Å²) in [6.07, 6.45) is 0. The summed E-state index contributed by atoms with van der Waals surface area (Å²) in [7, 11) is -2.84. The molecule has 0 amide bonds. The number of methoxy groups -OCH3 is 1. The Kier molecular flexibility index (Phi) is 5.12. The normalized spacial score (nSPS) is 12.7. The van der Waals surface area contributed by atoms with Gasteiger partial charge < -0.3 is 4.74 Å². The summed E-state index contributed by atoms with van der Waals surface area (Å²) in [5, 5.41) is 0. The molecule has 2 aromatic carbocycles. The van der Waals surface area contributed by atoms with Gasteiger partial charge in [0.15, 0.2) is 0 Å². The molecule has 0 spiro atoms. The van der Waals surface area contributed by atoms with E-state index in [1.54, 1.807) is 30.3 Å². The van der Waals surface area contributed by atoms with Crippen LogP contribution < -0.4 is 4.72 Å². The number of sulfonamides is 1. The highest BCUT2D eigenvalue weighted by atomic mass is 32.2. The fraction of sp³-hybridized carbons (Fsp3) is 0.188. The number of carbonyl (C=O) groups is 1. The Morgan fingerprint density at radius 1 is 1.17 bits per heavy atom. The van der Waals surface area contributed by atoms with Crippen molar-refractivity contribution in [2.75, 3.05) is 7.11 Å². The lowest BCUT2D eigenvalue weighted by Crippen LogP contribution is -2.34. The molecule has 23 heavy (non-hydrogen) atoms. The van der Waals surface area contributed by atoms with Crippen LogP contribution in [-0.2, 0) is 19.6 Å². The van der Waals surface area contributed by atoms with Crippen LogP contribution in [0.1, 0.15) is 17.2 Å². The summed E-state index contributed by atoms with van der Waals surface area (Å²) in [6.45, 7) is 1.46. The molecule has 0 saturated heterocycles. The molecule has 0 aromatic heterocycles. The third-order valence-electron chi connectivity index (χ3n) is 3.28. The maximum absolute atomic E-state index is 13.3. The van der Waals surface area contributed by atoms with Crippen LogP contribution in [0.15, 0.2) is 53.4 Å². The molecule has 2 aromatic rings. The van der Waals surface area contributed by atoms with Gasteiger partial charge in [0, 0.05) is 0 Å². The predicted octanol–water partition coefficient (Wildman–Crippen LogP) is 2.33. The molecule has 1 atom stereocenters. The summed E-state index contributed by atoms with van der Waals surface area (Å²) < 4.78 is 45.2. The van der Waals surface area contributed by atoms with E-state index in [0.717, 1.165) is 12.1 Å². The molecule has 0 fully saturated rings. The van der Waals surface area contributed by atoms with Gasteiger partial charge in [0.1, 0.15) is 11.9 Å². The SMILES string of the molecule is COC(=O)C(NS(=O)(=O)c1ccc(F)c(C)c1)c1ccccc1. The maximum Gasteiger partial charge on any atom is 0.328 e. The zero-order valence-corrected chi connectivity index (χ0v) is 13.4. The smallest absolute Gasteiger partial charge is 0.328 e. The highest BCUT2D eigenvalue weighted by Crippen LogP contribution is 2.20. The Morgan fingerprint density at radius 2 is 1.83 bits per heavy atom. The van der Waals surface area contributed by atoms with Crippen LogP contribution in [0.5, 0.6) is 0 Å². The Balaban J connectivity index is 2.38. The number of esters is 1. The standard InChI is InChI=1S/C16H16FNO4S/c1-11-10-13(8-9-14(11)17)23(20,21)18-15(16(19)22-2)12-6-4-3-5-7-12/h3-10,15,18H,1-2H3. The molecule has 2 rings (SSSR count). The predicted molar refractivity (Wildman–Crippen MR) is 82.7 cm³/mol. The minimum atomic E-state index is -4.02. The molecule has 0 heterocycles. The number of halogens is 1. The summed E-state index contributed by atoms with van der Waals surface area (Å²) in [4.78, 5) is 11.8. The molecule has 1 unspecified atom stereocenters. The lowest BCUT2D eigenvalue weighted by atomic mass is 10.1. The van der Waals surface area contributed by atoms with Gasteiger partial charge in [0.25, 0.3) is 0 Å². The van der Waals surface area contributed by atoms with Crippen LogP contribution in [-0.4, -0.2) is 21.5 Å². The van der Waals surface area contributed by atoms with Crippen LogP contribution in [0.4, 0.5) is 4.39 Å². The molecule has 122 valence electrons. The van der Waals surface area contributed by atoms with Crippen molar-refractivity contribution in [3.8, 4) is 0 Å². The molecule has 0 aliphatic rings. The highest BCUT2D eigenvalue weighted by molar-refractivity contribution is 7.89. The van der Waals surface area contributed by atoms with E-state index < -0.39 is 27.9 Å². The minimum Gasteiger partial charge on any atom is -0.468 e. The molecular formula is C16H16FNO4S. The number of aryl methyl sites for hydroxylation is 1. The second kappa shape index (κ2) is 6.89. The highest BCUT2D eigenvalue weighted by Gasteiger charge is 2.28. The van der Waals surface area contributed by atoms with E-state index in [-0.39, 0.29) is 10.5 Å². The van der Waals surface area contributed by atoms with Gasteiger partial charge in [-0.3, -0.25) is 0 Å². The van der Waals surface area contributed by atoms with Gasteiger partial charge in [0.2, 0.25) is 10.0 Å². The number of benzene rings is 2. The fourth-order valence-electron chi connectivity index (χ4n) is 2.02. The summed E-state index contributed by atoms with van der Waals surface area (Å²) in [5.41, 5.74) is 0.643. The van der Waals surface area contributed by atoms with Crippen LogP contribution in [0.3, 0.4) is 0 Å². The van der Waals surface area contributed by atoms with Crippen molar-refractivity contribution in [1.82, 2.24) is 4.72 Å². The van der Waals surface area contributed by atoms with Crippen LogP contribution in [0.25, 0.3) is 0 Å². The van der Waals surface area contributed by atoms with Crippen LogP contribution in [0, 0.1) is 12.7 Å². The number of hydrogen-bond acceptors (Lipinski definition) is 4. The third-order valence-corrected chi connectivity index (χ3v) is 4.70. The molecule has 0 aliphatic carbocycles. The zero-order chi connectivity index (χ0) is 17.0. The zero-order valence-electron chi connectivity index (χ0n) is 12.6. The number of ether oxygens (including phenoxy) is 1. The molecule has 5 nitrogen and oxygen atoms in total. The number of nitrogens with one attached hydrogen (secondary N) is 1. The van der Waals surface area contributed by atoms with E-state index in [9.17, 15) is 17.6 Å². The van der Waals surface area contributed by atoms with Gasteiger partial charge in [-0.2, -0.15) is 4.72 Å². The molecular weight excluding hydrogens is 321 g/mol. The second-order valence-corrected chi connectivity index (χ2v) is 6.61. The quantitative estimate of drug-likeness (QED) is 0.850. The van der Waals surface area contributed by atoms with E-state index in [2.05, 4.69) is 9.46 Å². The Morgan fingerprint density at radius 3 is 2.39 bits per heavy atom. The second-order valence-electron chi connectivity index (χ2n) is 4.90. The number of hydrogen-bond donors (Lipinski definition) is 1. The summed E-state index contributed by atoms with van der Waals surface area (Å²) in [5.74, 6) is -1.24. The van der Waals surface area contributed by atoms with E-state index in [4.69, 9.17) is 0 Å². The minimum absolute atomic E-state index is 0.124. The van der Waals surface area contributed by atoms with E-state index in [1.165, 1.54) is 20.1 Å². The van der Waals surface area contributed by atoms with E-state index in [0.29, 0.717) is 5.56 Å². The van der Waals surface area contributed by atoms with Crippen molar-refractivity contribution in [1.29, 1.82) is 0 Å². The van der Waals surface area contributed by atoms with Crippen molar-refractivity contribution in [2.24, 2.45) is 0 Å². The van der Waals surface area contributed by atoms with E-state index >= 15 is 0 Å². The average Bonchev–Trinajstić information content (AvgIpc) is 2.55. The first-order valence-corrected chi connectivity index (χ1v) is 8.24. The molecule has 7 heteroatoms. The molecule has 1 N–H and O–H groups in total. The van der Waals surface area contributed by atoms with Crippen molar-refractivity contribution in [2.45, 2.75) is 17.9 Å². The van der Waals surface area contributed by atoms with Gasteiger partial charge in [-0.1, -0.05) is 30.3 Å². The van der Waals surface area contributed by atoms with Gasteiger partial charge in [0.05, 0.1) is 12.0 Å².